The van der Waals surface area contributed by atoms with Crippen LogP contribution in [0.25, 0.3) is 0 Å². The van der Waals surface area contributed by atoms with E-state index in [1.165, 1.54) is 5.54 Å². The van der Waals surface area contributed by atoms with Crippen molar-refractivity contribution in [1.29, 1.82) is 0 Å². The first-order chi connectivity index (χ1) is 11.0. The van der Waals surface area contributed by atoms with Crippen molar-refractivity contribution in [2.24, 2.45) is 0 Å². The van der Waals surface area contributed by atoms with Gasteiger partial charge in [-0.15, -0.1) is 0 Å². The van der Waals surface area contributed by atoms with Crippen molar-refractivity contribution < 1.29 is 9.53 Å². The zero-order valence-electron chi connectivity index (χ0n) is 13.0. The van der Waals surface area contributed by atoms with Crippen molar-refractivity contribution in [2.75, 3.05) is 0 Å². The molecule has 0 saturated heterocycles. The third-order valence-electron chi connectivity index (χ3n) is 3.38. The van der Waals surface area contributed by atoms with Crippen LogP contribution in [0.3, 0.4) is 0 Å². The van der Waals surface area contributed by atoms with Crippen LogP contribution in [0.2, 0.25) is 0 Å². The number of rotatable bonds is 6. The maximum Gasteiger partial charge on any atom is 0.204 e. The molecule has 1 unspecified atom stereocenters. The second kappa shape index (κ2) is 7.78. The lowest BCUT2D eigenvalue weighted by Crippen LogP contribution is -2.41. The lowest BCUT2D eigenvalue weighted by molar-refractivity contribution is -0.0355. The molecule has 0 N–H and O–H groups in total. The lowest BCUT2D eigenvalue weighted by atomic mass is 9.85. The van der Waals surface area contributed by atoms with Gasteiger partial charge in [0.1, 0.15) is 0 Å². The molecule has 4 heteroatoms. The molecule has 120 valence electrons. The zero-order valence-corrected chi connectivity index (χ0v) is 14.5. The molecule has 2 nitrogen and oxygen atoms in total. The normalized spacial score (nSPS) is 14.6. The molecule has 23 heavy (non-hydrogen) atoms. The number of carbonyl (C=O) groups excluding carboxylic acids is 1. The number of halogens is 2. The van der Waals surface area contributed by atoms with Crippen LogP contribution in [0.15, 0.2) is 71.2 Å². The summed E-state index contributed by atoms with van der Waals surface area (Å²) >= 11 is 12.3. The fraction of sp³-hybridized carbons (Fsp3) is 0.211. The molecule has 0 saturated carbocycles. The number of Topliss-reactive ketones (excluding diaryl/α,β-unsaturated/α-hetero) is 1. The minimum atomic E-state index is -1.46. The van der Waals surface area contributed by atoms with Gasteiger partial charge in [0.15, 0.2) is 5.60 Å². The molecule has 0 radical (unpaired) electrons. The van der Waals surface area contributed by atoms with Gasteiger partial charge in [-0.2, -0.15) is 0 Å². The van der Waals surface area contributed by atoms with Crippen molar-refractivity contribution in [2.45, 2.75) is 25.6 Å². The van der Waals surface area contributed by atoms with Crippen LogP contribution in [0.5, 0.6) is 0 Å². The predicted molar refractivity (Wildman–Crippen MR) is 94.9 cm³/mol. The highest BCUT2D eigenvalue weighted by molar-refractivity contribution is 6.39. The molecule has 0 heterocycles. The highest BCUT2D eigenvalue weighted by Gasteiger charge is 2.45. The third kappa shape index (κ3) is 3.66. The minimum absolute atomic E-state index is 0.132. The van der Waals surface area contributed by atoms with E-state index >= 15 is 0 Å². The Balaban J connectivity index is 2.69. The number of ketones is 1. The Kier molecular flexibility index (Phi) is 6.00. The highest BCUT2D eigenvalue weighted by atomic mass is 35.5. The number of ether oxygens (including phenoxy) is 1. The van der Waals surface area contributed by atoms with Gasteiger partial charge >= 0.3 is 0 Å². The number of hydrogen-bond donors (Lipinski definition) is 0. The molecular formula is C19H18Cl2O2. The maximum atomic E-state index is 13.3. The monoisotopic (exact) mass is 348 g/mol. The van der Waals surface area contributed by atoms with Crippen LogP contribution in [0, 0.1) is 0 Å². The second-order valence-corrected chi connectivity index (χ2v) is 5.99. The summed E-state index contributed by atoms with van der Waals surface area (Å²) < 4.78 is 6.06. The molecule has 0 bridgehead atoms. The van der Waals surface area contributed by atoms with Crippen molar-refractivity contribution in [3.8, 4) is 0 Å². The first-order valence-electron chi connectivity index (χ1n) is 7.32. The Hall–Kier alpha value is -1.61. The Morgan fingerprint density at radius 2 is 1.57 bits per heavy atom. The van der Waals surface area contributed by atoms with Crippen molar-refractivity contribution in [1.82, 2.24) is 0 Å². The number of hydrogen-bond acceptors (Lipinski definition) is 2. The van der Waals surface area contributed by atoms with Gasteiger partial charge in [0, 0.05) is 11.1 Å². The van der Waals surface area contributed by atoms with Crippen LogP contribution < -0.4 is 0 Å². The quantitative estimate of drug-likeness (QED) is 0.643. The van der Waals surface area contributed by atoms with Crippen LogP contribution in [0.1, 0.15) is 29.8 Å². The van der Waals surface area contributed by atoms with E-state index in [4.69, 9.17) is 27.9 Å². The van der Waals surface area contributed by atoms with Gasteiger partial charge in [-0.3, -0.25) is 4.79 Å². The summed E-state index contributed by atoms with van der Waals surface area (Å²) in [6, 6.07) is 18.1. The molecule has 0 aliphatic rings. The summed E-state index contributed by atoms with van der Waals surface area (Å²) in [5.41, 5.74) is 0.885. The summed E-state index contributed by atoms with van der Waals surface area (Å²) in [6.07, 6.45) is -0.228. The van der Waals surface area contributed by atoms with E-state index in [1.807, 2.05) is 50.2 Å². The van der Waals surface area contributed by atoms with Gasteiger partial charge in [-0.25, -0.2) is 0 Å². The Labute approximate surface area is 146 Å². The first-order valence-corrected chi connectivity index (χ1v) is 8.13. The maximum absolute atomic E-state index is 13.3. The van der Waals surface area contributed by atoms with Crippen molar-refractivity contribution >= 4 is 29.0 Å². The summed E-state index contributed by atoms with van der Waals surface area (Å²) in [5, 5.41) is 0.132. The second-order valence-electron chi connectivity index (χ2n) is 5.37. The molecule has 0 aliphatic carbocycles. The fourth-order valence-corrected chi connectivity index (χ4v) is 2.84. The minimum Gasteiger partial charge on any atom is -0.354 e. The van der Waals surface area contributed by atoms with Crippen molar-refractivity contribution in [3.63, 3.8) is 0 Å². The number of benzene rings is 2. The largest absolute Gasteiger partial charge is 0.354 e. The summed E-state index contributed by atoms with van der Waals surface area (Å²) in [5.74, 6) is -0.250. The molecule has 2 aromatic carbocycles. The summed E-state index contributed by atoms with van der Waals surface area (Å²) in [7, 11) is 0. The third-order valence-corrected chi connectivity index (χ3v) is 4.09. The van der Waals surface area contributed by atoms with Gasteiger partial charge in [0.2, 0.25) is 5.78 Å². The van der Waals surface area contributed by atoms with E-state index in [0.29, 0.717) is 11.1 Å². The zero-order chi connectivity index (χ0) is 16.9. The van der Waals surface area contributed by atoms with E-state index in [1.54, 1.807) is 24.3 Å². The molecule has 0 amide bonds. The van der Waals surface area contributed by atoms with Gasteiger partial charge in [0.25, 0.3) is 0 Å². The van der Waals surface area contributed by atoms with E-state index in [9.17, 15) is 4.79 Å². The molecule has 2 rings (SSSR count). The molecule has 1 atom stereocenters. The standard InChI is InChI=1S/C19H18Cl2O2/c1-14(2)23-19(17(21)13-20,16-11-7-4-8-12-16)18(22)15-9-5-3-6-10-15/h3-14H,1-2H3/b17-13+. The van der Waals surface area contributed by atoms with Crippen molar-refractivity contribution in [3.05, 3.63) is 82.4 Å². The Bertz CT molecular complexity index is 681. The molecule has 0 fully saturated rings. The predicted octanol–water partition coefficient (Wildman–Crippen LogP) is 5.51. The van der Waals surface area contributed by atoms with E-state index < -0.39 is 5.60 Å². The molecule has 0 aromatic heterocycles. The van der Waals surface area contributed by atoms with Crippen LogP contribution >= 0.6 is 23.2 Å². The average Bonchev–Trinajstić information content (AvgIpc) is 2.59. The molecule has 2 aromatic rings. The summed E-state index contributed by atoms with van der Waals surface area (Å²) in [6.45, 7) is 3.71. The molecular weight excluding hydrogens is 331 g/mol. The van der Waals surface area contributed by atoms with E-state index in [-0.39, 0.29) is 16.9 Å². The average molecular weight is 349 g/mol. The first kappa shape index (κ1) is 17.7. The fourth-order valence-electron chi connectivity index (χ4n) is 2.45. The Morgan fingerprint density at radius 1 is 1.04 bits per heavy atom. The number of carbonyl (C=O) groups is 1. The van der Waals surface area contributed by atoms with E-state index in [2.05, 4.69) is 0 Å². The van der Waals surface area contributed by atoms with Gasteiger partial charge < -0.3 is 4.74 Å². The van der Waals surface area contributed by atoms with E-state index in [0.717, 1.165) is 0 Å². The smallest absolute Gasteiger partial charge is 0.204 e. The molecule has 0 spiro atoms. The van der Waals surface area contributed by atoms with Gasteiger partial charge in [-0.1, -0.05) is 83.9 Å². The Morgan fingerprint density at radius 3 is 2.04 bits per heavy atom. The topological polar surface area (TPSA) is 26.3 Å². The summed E-state index contributed by atoms with van der Waals surface area (Å²) in [4.78, 5) is 13.3. The van der Waals surface area contributed by atoms with Gasteiger partial charge in [-0.05, 0) is 19.4 Å². The van der Waals surface area contributed by atoms with Crippen LogP contribution in [-0.4, -0.2) is 11.9 Å². The highest BCUT2D eigenvalue weighted by Crippen LogP contribution is 2.40. The molecule has 0 aliphatic heterocycles. The SMILES string of the molecule is CC(C)OC(C(=O)c1ccccc1)(/C(Cl)=C\Cl)c1ccccc1. The lowest BCUT2D eigenvalue weighted by Gasteiger charge is -2.34. The van der Waals surface area contributed by atoms with Crippen LogP contribution in [0.4, 0.5) is 0 Å². The van der Waals surface area contributed by atoms with Crippen LogP contribution in [-0.2, 0) is 10.3 Å². The van der Waals surface area contributed by atoms with Gasteiger partial charge in [0.05, 0.1) is 11.1 Å².